The number of hydrogen-bond acceptors (Lipinski definition) is 2. The molecule has 10 aromatic rings. The quantitative estimate of drug-likeness (QED) is 0.165. The van der Waals surface area contributed by atoms with Gasteiger partial charge in [0.25, 0.3) is 0 Å². The summed E-state index contributed by atoms with van der Waals surface area (Å²) in [7, 11) is 0. The third-order valence-electron chi connectivity index (χ3n) is 10.3. The van der Waals surface area contributed by atoms with Gasteiger partial charge in [0.15, 0.2) is 0 Å². The van der Waals surface area contributed by atoms with E-state index in [2.05, 4.69) is 193 Å². The molecule has 0 saturated carbocycles. The zero-order valence-electron chi connectivity index (χ0n) is 28.4. The van der Waals surface area contributed by atoms with Gasteiger partial charge < -0.3 is 9.32 Å². The molecular weight excluding hydrogens is 631 g/mol. The van der Waals surface area contributed by atoms with Gasteiger partial charge in [0.1, 0.15) is 11.2 Å². The highest BCUT2D eigenvalue weighted by atomic mass is 16.3. The molecule has 0 atom stereocenters. The van der Waals surface area contributed by atoms with Crippen LogP contribution in [0.4, 0.5) is 17.1 Å². The summed E-state index contributed by atoms with van der Waals surface area (Å²) in [5.74, 6) is 0. The topological polar surface area (TPSA) is 16.4 Å². The van der Waals surface area contributed by atoms with E-state index in [1.807, 2.05) is 12.1 Å². The summed E-state index contributed by atoms with van der Waals surface area (Å²) in [6, 6.07) is 71.7. The van der Waals surface area contributed by atoms with Crippen molar-refractivity contribution in [3.05, 3.63) is 200 Å². The van der Waals surface area contributed by atoms with Crippen LogP contribution in [0.2, 0.25) is 0 Å². The summed E-state index contributed by atoms with van der Waals surface area (Å²) in [5.41, 5.74) is 12.2. The molecule has 0 aliphatic rings. The standard InChI is InChI=1S/C50H33NO/c1-2-10-34(11-3-1)35-20-25-40(26-21-35)51(42-29-31-50-48(33-42)47-16-6-7-19-49(47)52-50)41-27-22-36(23-28-41)38-13-8-14-39(32-38)44-17-9-18-45-43-15-5-4-12-37(43)24-30-46(44)45/h1-33H. The van der Waals surface area contributed by atoms with Crippen molar-refractivity contribution in [3.8, 4) is 33.4 Å². The van der Waals surface area contributed by atoms with E-state index in [1.54, 1.807) is 0 Å². The highest BCUT2D eigenvalue weighted by Crippen LogP contribution is 2.41. The molecule has 0 N–H and O–H groups in total. The molecule has 244 valence electrons. The molecule has 0 bridgehead atoms. The van der Waals surface area contributed by atoms with Crippen LogP contribution in [0.25, 0.3) is 76.9 Å². The first-order valence-electron chi connectivity index (χ1n) is 17.8. The van der Waals surface area contributed by atoms with E-state index in [4.69, 9.17) is 4.42 Å². The number of fused-ring (bicyclic) bond motifs is 6. The Hall–Kier alpha value is -6.90. The van der Waals surface area contributed by atoms with Gasteiger partial charge in [-0.2, -0.15) is 0 Å². The van der Waals surface area contributed by atoms with Gasteiger partial charge in [0.05, 0.1) is 0 Å². The van der Waals surface area contributed by atoms with Crippen molar-refractivity contribution in [2.45, 2.75) is 0 Å². The number of para-hydroxylation sites is 1. The minimum absolute atomic E-state index is 0.888. The molecule has 1 aromatic heterocycles. The molecule has 0 amide bonds. The zero-order valence-corrected chi connectivity index (χ0v) is 28.4. The number of hydrogen-bond donors (Lipinski definition) is 0. The highest BCUT2D eigenvalue weighted by molar-refractivity contribution is 6.12. The Morgan fingerprint density at radius 2 is 0.865 bits per heavy atom. The van der Waals surface area contributed by atoms with E-state index in [-0.39, 0.29) is 0 Å². The predicted octanol–water partition coefficient (Wildman–Crippen LogP) is 14.4. The minimum Gasteiger partial charge on any atom is -0.456 e. The second-order valence-electron chi connectivity index (χ2n) is 13.3. The van der Waals surface area contributed by atoms with Crippen molar-refractivity contribution in [1.29, 1.82) is 0 Å². The van der Waals surface area contributed by atoms with E-state index in [1.165, 1.54) is 54.9 Å². The van der Waals surface area contributed by atoms with Gasteiger partial charge in [0.2, 0.25) is 0 Å². The van der Waals surface area contributed by atoms with E-state index < -0.39 is 0 Å². The normalized spacial score (nSPS) is 11.5. The lowest BCUT2D eigenvalue weighted by Gasteiger charge is -2.26. The van der Waals surface area contributed by atoms with Gasteiger partial charge in [-0.3, -0.25) is 0 Å². The van der Waals surface area contributed by atoms with E-state index >= 15 is 0 Å². The van der Waals surface area contributed by atoms with Crippen molar-refractivity contribution in [2.75, 3.05) is 4.90 Å². The first kappa shape index (κ1) is 30.0. The van der Waals surface area contributed by atoms with Crippen LogP contribution in [0.3, 0.4) is 0 Å². The highest BCUT2D eigenvalue weighted by Gasteiger charge is 2.16. The van der Waals surface area contributed by atoms with E-state index in [0.717, 1.165) is 39.0 Å². The lowest BCUT2D eigenvalue weighted by molar-refractivity contribution is 0.669. The number of anilines is 3. The summed E-state index contributed by atoms with van der Waals surface area (Å²) in [4.78, 5) is 2.33. The third kappa shape index (κ3) is 5.21. The monoisotopic (exact) mass is 663 g/mol. The summed E-state index contributed by atoms with van der Waals surface area (Å²) >= 11 is 0. The Labute approximate surface area is 302 Å². The smallest absolute Gasteiger partial charge is 0.135 e. The maximum atomic E-state index is 6.19. The zero-order chi connectivity index (χ0) is 34.4. The lowest BCUT2D eigenvalue weighted by atomic mass is 9.93. The fraction of sp³-hybridized carbons (Fsp3) is 0. The van der Waals surface area contributed by atoms with Crippen molar-refractivity contribution in [2.24, 2.45) is 0 Å². The van der Waals surface area contributed by atoms with E-state index in [0.29, 0.717) is 0 Å². The van der Waals surface area contributed by atoms with Crippen molar-refractivity contribution in [3.63, 3.8) is 0 Å². The van der Waals surface area contributed by atoms with Crippen LogP contribution in [0.1, 0.15) is 0 Å². The van der Waals surface area contributed by atoms with Gasteiger partial charge in [0, 0.05) is 27.8 Å². The minimum atomic E-state index is 0.888. The predicted molar refractivity (Wildman–Crippen MR) is 220 cm³/mol. The van der Waals surface area contributed by atoms with Crippen LogP contribution in [-0.2, 0) is 0 Å². The van der Waals surface area contributed by atoms with Gasteiger partial charge in [-0.05, 0) is 110 Å². The number of nitrogens with zero attached hydrogens (tertiary/aromatic N) is 1. The van der Waals surface area contributed by atoms with Crippen LogP contribution in [-0.4, -0.2) is 0 Å². The van der Waals surface area contributed by atoms with E-state index in [9.17, 15) is 0 Å². The number of rotatable bonds is 6. The molecule has 2 heteroatoms. The van der Waals surface area contributed by atoms with Crippen LogP contribution >= 0.6 is 0 Å². The number of furan rings is 1. The average molecular weight is 664 g/mol. The van der Waals surface area contributed by atoms with Gasteiger partial charge >= 0.3 is 0 Å². The van der Waals surface area contributed by atoms with Crippen LogP contribution < -0.4 is 4.90 Å². The Morgan fingerprint density at radius 1 is 0.288 bits per heavy atom. The second kappa shape index (κ2) is 12.5. The Kier molecular flexibility index (Phi) is 7.18. The Bertz CT molecular complexity index is 2890. The third-order valence-corrected chi connectivity index (χ3v) is 10.3. The largest absolute Gasteiger partial charge is 0.456 e. The number of benzene rings is 9. The van der Waals surface area contributed by atoms with Gasteiger partial charge in [-0.15, -0.1) is 0 Å². The molecule has 1 heterocycles. The summed E-state index contributed by atoms with van der Waals surface area (Å²) in [5, 5.41) is 7.32. The molecule has 2 nitrogen and oxygen atoms in total. The molecule has 10 rings (SSSR count). The molecule has 0 spiro atoms. The first-order valence-corrected chi connectivity index (χ1v) is 17.8. The average Bonchev–Trinajstić information content (AvgIpc) is 3.60. The van der Waals surface area contributed by atoms with Gasteiger partial charge in [-0.25, -0.2) is 0 Å². The van der Waals surface area contributed by atoms with Crippen molar-refractivity contribution >= 4 is 60.5 Å². The van der Waals surface area contributed by atoms with Gasteiger partial charge in [-0.1, -0.05) is 146 Å². The second-order valence-corrected chi connectivity index (χ2v) is 13.3. The molecule has 9 aromatic carbocycles. The summed E-state index contributed by atoms with van der Waals surface area (Å²) in [6.07, 6.45) is 0. The van der Waals surface area contributed by atoms with Crippen LogP contribution in [0.15, 0.2) is 205 Å². The molecular formula is C50H33NO. The van der Waals surface area contributed by atoms with Crippen molar-refractivity contribution < 1.29 is 4.42 Å². The van der Waals surface area contributed by atoms with Crippen molar-refractivity contribution in [1.82, 2.24) is 0 Å². The fourth-order valence-corrected chi connectivity index (χ4v) is 7.70. The molecule has 0 fully saturated rings. The molecule has 0 aliphatic heterocycles. The molecule has 52 heavy (non-hydrogen) atoms. The van der Waals surface area contributed by atoms with Crippen LogP contribution in [0, 0.1) is 0 Å². The molecule has 0 radical (unpaired) electrons. The lowest BCUT2D eigenvalue weighted by Crippen LogP contribution is -2.09. The maximum Gasteiger partial charge on any atom is 0.135 e. The molecule has 0 saturated heterocycles. The first-order chi connectivity index (χ1) is 25.8. The SMILES string of the molecule is c1ccc(-c2ccc(N(c3ccc(-c4cccc(-c5cccc6c5ccc5ccccc56)c4)cc3)c3ccc4oc5ccccc5c4c3)cc2)cc1. The fourth-order valence-electron chi connectivity index (χ4n) is 7.70. The summed E-state index contributed by atoms with van der Waals surface area (Å²) in [6.45, 7) is 0. The molecule has 0 aliphatic carbocycles. The van der Waals surface area contributed by atoms with Crippen LogP contribution in [0.5, 0.6) is 0 Å². The summed E-state index contributed by atoms with van der Waals surface area (Å²) < 4.78 is 6.19. The Balaban J connectivity index is 1.05. The maximum absolute atomic E-state index is 6.19. The Morgan fingerprint density at radius 3 is 1.67 bits per heavy atom. The molecule has 0 unspecified atom stereocenters.